The minimum Gasteiger partial charge on any atom is -0.349 e. The van der Waals surface area contributed by atoms with E-state index in [-0.39, 0.29) is 0 Å². The maximum Gasteiger partial charge on any atom is 0.243 e. The van der Waals surface area contributed by atoms with Crippen LogP contribution in [0.15, 0.2) is 18.3 Å². The van der Waals surface area contributed by atoms with Gasteiger partial charge in [-0.3, -0.25) is 4.90 Å². The maximum absolute atomic E-state index is 4.64. The van der Waals surface area contributed by atoms with E-state index in [1.807, 2.05) is 16.8 Å². The van der Waals surface area contributed by atoms with Crippen molar-refractivity contribution in [3.63, 3.8) is 0 Å². The normalized spacial score (nSPS) is 26.9. The van der Waals surface area contributed by atoms with Crippen LogP contribution in [-0.2, 0) is 0 Å². The highest BCUT2D eigenvalue weighted by molar-refractivity contribution is 5.50. The van der Waals surface area contributed by atoms with Gasteiger partial charge in [0.15, 0.2) is 5.65 Å². The Morgan fingerprint density at radius 2 is 2.20 bits per heavy atom. The molecule has 0 bridgehead atoms. The van der Waals surface area contributed by atoms with Crippen molar-refractivity contribution in [2.45, 2.75) is 44.7 Å². The first kappa shape index (κ1) is 12.1. The third-order valence-electron chi connectivity index (χ3n) is 4.73. The third-order valence-corrected chi connectivity index (χ3v) is 4.73. The highest BCUT2D eigenvalue weighted by atomic mass is 15.4. The summed E-state index contributed by atoms with van der Waals surface area (Å²) in [5.74, 6) is 0.775. The predicted octanol–water partition coefficient (Wildman–Crippen LogP) is 2.08. The molecule has 20 heavy (non-hydrogen) atoms. The Labute approximate surface area is 119 Å². The Morgan fingerprint density at radius 3 is 3.10 bits per heavy atom. The van der Waals surface area contributed by atoms with Crippen LogP contribution in [0.4, 0.5) is 5.95 Å². The van der Waals surface area contributed by atoms with Crippen LogP contribution in [0.5, 0.6) is 0 Å². The second kappa shape index (κ2) is 4.74. The first-order valence-electron chi connectivity index (χ1n) is 7.64. The molecule has 5 nitrogen and oxygen atoms in total. The fraction of sp³-hybridized carbons (Fsp3) is 0.600. The van der Waals surface area contributed by atoms with Crippen LogP contribution >= 0.6 is 0 Å². The molecule has 0 radical (unpaired) electrons. The van der Waals surface area contributed by atoms with Crippen molar-refractivity contribution < 1.29 is 0 Å². The lowest BCUT2D eigenvalue weighted by Crippen LogP contribution is -2.41. The summed E-state index contributed by atoms with van der Waals surface area (Å²) < 4.78 is 1.87. The fourth-order valence-corrected chi connectivity index (χ4v) is 3.68. The van der Waals surface area contributed by atoms with Gasteiger partial charge in [-0.05, 0) is 44.4 Å². The summed E-state index contributed by atoms with van der Waals surface area (Å²) in [7, 11) is 0. The van der Waals surface area contributed by atoms with Crippen molar-refractivity contribution in [3.05, 3.63) is 23.9 Å². The number of hydrogen-bond donors (Lipinski definition) is 1. The number of pyridine rings is 1. The van der Waals surface area contributed by atoms with Gasteiger partial charge in [-0.25, -0.2) is 4.52 Å². The minimum atomic E-state index is 0.507. The molecule has 2 aromatic heterocycles. The van der Waals surface area contributed by atoms with Crippen molar-refractivity contribution in [1.29, 1.82) is 0 Å². The molecule has 0 aliphatic carbocycles. The molecule has 0 amide bonds. The second-order valence-electron chi connectivity index (χ2n) is 6.03. The zero-order valence-electron chi connectivity index (χ0n) is 11.9. The Morgan fingerprint density at radius 1 is 1.25 bits per heavy atom. The van der Waals surface area contributed by atoms with Gasteiger partial charge in [-0.1, -0.05) is 12.5 Å². The van der Waals surface area contributed by atoms with Crippen LogP contribution in [0, 0.1) is 6.92 Å². The van der Waals surface area contributed by atoms with E-state index in [0.717, 1.165) is 11.6 Å². The first-order valence-corrected chi connectivity index (χ1v) is 7.64. The van der Waals surface area contributed by atoms with Crippen molar-refractivity contribution in [1.82, 2.24) is 19.5 Å². The van der Waals surface area contributed by atoms with Gasteiger partial charge < -0.3 is 5.32 Å². The van der Waals surface area contributed by atoms with E-state index in [2.05, 4.69) is 33.3 Å². The molecule has 0 spiro atoms. The van der Waals surface area contributed by atoms with Crippen LogP contribution in [0.1, 0.15) is 31.2 Å². The van der Waals surface area contributed by atoms with Crippen LogP contribution in [0.25, 0.3) is 5.65 Å². The number of anilines is 1. The molecule has 2 aliphatic heterocycles. The second-order valence-corrected chi connectivity index (χ2v) is 6.03. The lowest BCUT2D eigenvalue weighted by atomic mass is 9.99. The van der Waals surface area contributed by atoms with E-state index >= 15 is 0 Å². The number of piperidine rings is 1. The Balaban J connectivity index is 1.57. The number of aryl methyl sites for hydroxylation is 1. The largest absolute Gasteiger partial charge is 0.349 e. The van der Waals surface area contributed by atoms with Gasteiger partial charge in [-0.2, -0.15) is 4.98 Å². The first-order chi connectivity index (χ1) is 9.81. The summed E-state index contributed by atoms with van der Waals surface area (Å²) >= 11 is 0. The highest BCUT2D eigenvalue weighted by Gasteiger charge is 2.35. The van der Waals surface area contributed by atoms with E-state index in [9.17, 15) is 0 Å². The Kier molecular flexibility index (Phi) is 2.88. The van der Waals surface area contributed by atoms with Crippen LogP contribution in [-0.4, -0.2) is 44.7 Å². The maximum atomic E-state index is 4.64. The number of nitrogens with one attached hydrogen (secondary N) is 1. The summed E-state index contributed by atoms with van der Waals surface area (Å²) in [5.41, 5.74) is 2.12. The van der Waals surface area contributed by atoms with Gasteiger partial charge in [-0.15, -0.1) is 5.10 Å². The standard InChI is InChI=1S/C15H21N5/c1-11-5-4-9-20-14(11)17-15(18-20)16-12-7-10-19-8-3-2-6-13(12)19/h4-5,9,12-13H,2-3,6-8,10H2,1H3,(H,16,18). The van der Waals surface area contributed by atoms with E-state index in [1.54, 1.807) is 0 Å². The average Bonchev–Trinajstić information content (AvgIpc) is 3.05. The molecule has 2 aliphatic rings. The van der Waals surface area contributed by atoms with Crippen molar-refractivity contribution >= 4 is 11.6 Å². The van der Waals surface area contributed by atoms with Gasteiger partial charge >= 0.3 is 0 Å². The van der Waals surface area contributed by atoms with Crippen LogP contribution < -0.4 is 5.32 Å². The zero-order chi connectivity index (χ0) is 13.5. The predicted molar refractivity (Wildman–Crippen MR) is 79.0 cm³/mol. The van der Waals surface area contributed by atoms with Crippen LogP contribution in [0.2, 0.25) is 0 Å². The molecule has 2 atom stereocenters. The molecular formula is C15H21N5. The van der Waals surface area contributed by atoms with E-state index < -0.39 is 0 Å². The van der Waals surface area contributed by atoms with Gasteiger partial charge in [0, 0.05) is 24.8 Å². The van der Waals surface area contributed by atoms with Crippen molar-refractivity contribution in [2.24, 2.45) is 0 Å². The van der Waals surface area contributed by atoms with Crippen LogP contribution in [0.3, 0.4) is 0 Å². The molecule has 4 heterocycles. The minimum absolute atomic E-state index is 0.507. The Hall–Kier alpha value is -1.62. The zero-order valence-corrected chi connectivity index (χ0v) is 11.9. The number of aromatic nitrogens is 3. The highest BCUT2D eigenvalue weighted by Crippen LogP contribution is 2.28. The molecule has 4 rings (SSSR count). The molecule has 2 saturated heterocycles. The monoisotopic (exact) mass is 271 g/mol. The lowest BCUT2D eigenvalue weighted by molar-refractivity contribution is 0.192. The quantitative estimate of drug-likeness (QED) is 0.908. The molecule has 2 aromatic rings. The number of nitrogens with zero attached hydrogens (tertiary/aromatic N) is 4. The van der Waals surface area contributed by atoms with E-state index in [0.29, 0.717) is 12.1 Å². The summed E-state index contributed by atoms with van der Waals surface area (Å²) in [6.45, 7) is 4.56. The van der Waals surface area contributed by atoms with Gasteiger partial charge in [0.25, 0.3) is 0 Å². The van der Waals surface area contributed by atoms with Gasteiger partial charge in [0.1, 0.15) is 0 Å². The van der Waals surface area contributed by atoms with Gasteiger partial charge in [0.2, 0.25) is 5.95 Å². The molecule has 0 aromatic carbocycles. The molecule has 2 unspecified atom stereocenters. The summed E-state index contributed by atoms with van der Waals surface area (Å²) in [6.07, 6.45) is 7.19. The molecular weight excluding hydrogens is 250 g/mol. The molecule has 5 heteroatoms. The van der Waals surface area contributed by atoms with E-state index in [1.165, 1.54) is 44.3 Å². The Bertz CT molecular complexity index is 620. The topological polar surface area (TPSA) is 45.5 Å². The molecule has 2 fully saturated rings. The third kappa shape index (κ3) is 1.97. The molecule has 1 N–H and O–H groups in total. The average molecular weight is 271 g/mol. The summed E-state index contributed by atoms with van der Waals surface area (Å²) in [4.78, 5) is 7.26. The molecule has 0 saturated carbocycles. The number of rotatable bonds is 2. The summed E-state index contributed by atoms with van der Waals surface area (Å²) in [5, 5.41) is 8.12. The van der Waals surface area contributed by atoms with E-state index in [4.69, 9.17) is 0 Å². The van der Waals surface area contributed by atoms with Crippen molar-refractivity contribution in [3.8, 4) is 0 Å². The summed E-state index contributed by atoms with van der Waals surface area (Å²) in [6, 6.07) is 5.27. The molecule has 106 valence electrons. The van der Waals surface area contributed by atoms with Crippen molar-refractivity contribution in [2.75, 3.05) is 18.4 Å². The number of fused-ring (bicyclic) bond motifs is 2. The fourth-order valence-electron chi connectivity index (χ4n) is 3.68. The lowest BCUT2D eigenvalue weighted by Gasteiger charge is -2.32. The number of hydrogen-bond acceptors (Lipinski definition) is 4. The SMILES string of the molecule is Cc1cccn2nc(NC3CCN4CCCCC34)nc12. The smallest absolute Gasteiger partial charge is 0.243 e. The van der Waals surface area contributed by atoms with Gasteiger partial charge in [0.05, 0.1) is 0 Å².